The number of hydrogen-bond donors (Lipinski definition) is 1. The van der Waals surface area contributed by atoms with E-state index in [0.29, 0.717) is 16.8 Å². The molecule has 3 rings (SSSR count). The molecule has 1 aliphatic rings. The smallest absolute Gasteiger partial charge is 0.327 e. The van der Waals surface area contributed by atoms with Gasteiger partial charge in [0.2, 0.25) is 0 Å². The van der Waals surface area contributed by atoms with E-state index in [1.54, 1.807) is 23.1 Å². The van der Waals surface area contributed by atoms with Gasteiger partial charge in [0, 0.05) is 18.1 Å². The first-order valence-electron chi connectivity index (χ1n) is 6.04. The minimum absolute atomic E-state index is 0.171. The molecule has 2 aromatic rings. The van der Waals surface area contributed by atoms with Gasteiger partial charge in [-0.2, -0.15) is 5.10 Å². The van der Waals surface area contributed by atoms with Gasteiger partial charge in [0.1, 0.15) is 6.04 Å². The summed E-state index contributed by atoms with van der Waals surface area (Å²) in [4.78, 5) is 29.2. The third-order valence-corrected chi connectivity index (χ3v) is 4.52. The van der Waals surface area contributed by atoms with E-state index in [2.05, 4.69) is 10.1 Å². The van der Waals surface area contributed by atoms with Crippen LogP contribution in [-0.4, -0.2) is 53.6 Å². The van der Waals surface area contributed by atoms with Gasteiger partial charge in [-0.15, -0.1) is 11.8 Å². The number of carboxylic acid groups (broad SMARTS) is 1. The van der Waals surface area contributed by atoms with Crippen molar-refractivity contribution in [2.75, 3.05) is 5.75 Å². The fourth-order valence-electron chi connectivity index (χ4n) is 2.28. The van der Waals surface area contributed by atoms with Crippen molar-refractivity contribution in [2.24, 2.45) is 0 Å². The molecule has 0 spiro atoms. The number of aliphatic carboxylic acids is 1. The number of thioether (sulfide) groups is 1. The van der Waals surface area contributed by atoms with Crippen LogP contribution >= 0.6 is 11.8 Å². The van der Waals surface area contributed by atoms with Crippen LogP contribution in [-0.2, 0) is 4.79 Å². The molecule has 8 heteroatoms. The van der Waals surface area contributed by atoms with E-state index in [9.17, 15) is 14.7 Å². The lowest BCUT2D eigenvalue weighted by Crippen LogP contribution is -2.44. The topological polar surface area (TPSA) is 87.8 Å². The van der Waals surface area contributed by atoms with Gasteiger partial charge < -0.3 is 10.0 Å². The Bertz CT molecular complexity index is 686. The molecule has 0 bridgehead atoms. The number of fused-ring (bicyclic) bond motifs is 1. The zero-order valence-electron chi connectivity index (χ0n) is 10.6. The predicted octanol–water partition coefficient (Wildman–Crippen LogP) is 0.717. The summed E-state index contributed by atoms with van der Waals surface area (Å²) in [6.07, 6.45) is 6.21. The molecule has 0 aromatic carbocycles. The minimum Gasteiger partial charge on any atom is -0.480 e. The highest BCUT2D eigenvalue weighted by atomic mass is 32.2. The van der Waals surface area contributed by atoms with Gasteiger partial charge in [0.05, 0.1) is 28.8 Å². The van der Waals surface area contributed by atoms with Crippen LogP contribution in [0.1, 0.15) is 17.3 Å². The van der Waals surface area contributed by atoms with Crippen molar-refractivity contribution < 1.29 is 14.7 Å². The molecule has 1 fully saturated rings. The maximum atomic E-state index is 12.6. The Morgan fingerprint density at radius 2 is 2.25 bits per heavy atom. The van der Waals surface area contributed by atoms with Gasteiger partial charge in [-0.3, -0.25) is 9.78 Å². The first kappa shape index (κ1) is 12.9. The molecular formula is C12H12N4O3S. The highest BCUT2D eigenvalue weighted by Crippen LogP contribution is 2.30. The van der Waals surface area contributed by atoms with Crippen molar-refractivity contribution in [3.63, 3.8) is 0 Å². The molecule has 0 aliphatic carbocycles. The molecule has 1 amide bonds. The van der Waals surface area contributed by atoms with Gasteiger partial charge in [0.25, 0.3) is 5.91 Å². The average Bonchev–Trinajstić information content (AvgIpc) is 3.01. The number of carbonyl (C=O) groups excluding carboxylic acids is 1. The lowest BCUT2D eigenvalue weighted by Gasteiger charge is -2.24. The predicted molar refractivity (Wildman–Crippen MR) is 72.5 cm³/mol. The van der Waals surface area contributed by atoms with Gasteiger partial charge in [-0.05, 0) is 6.92 Å². The summed E-state index contributed by atoms with van der Waals surface area (Å²) in [6, 6.07) is -0.797. The van der Waals surface area contributed by atoms with E-state index >= 15 is 0 Å². The lowest BCUT2D eigenvalue weighted by atomic mass is 10.2. The summed E-state index contributed by atoms with van der Waals surface area (Å²) in [5.74, 6) is -0.901. The van der Waals surface area contributed by atoms with Crippen LogP contribution < -0.4 is 0 Å². The van der Waals surface area contributed by atoms with E-state index in [4.69, 9.17) is 0 Å². The quantitative estimate of drug-likeness (QED) is 0.877. The molecule has 0 saturated carbocycles. The lowest BCUT2D eigenvalue weighted by molar-refractivity contribution is -0.141. The Morgan fingerprint density at radius 1 is 1.45 bits per heavy atom. The van der Waals surface area contributed by atoms with E-state index in [1.807, 2.05) is 6.92 Å². The Kier molecular flexibility index (Phi) is 3.09. The highest BCUT2D eigenvalue weighted by molar-refractivity contribution is 8.00. The second-order valence-electron chi connectivity index (χ2n) is 4.46. The number of amides is 1. The molecular weight excluding hydrogens is 280 g/mol. The Labute approximate surface area is 118 Å². The van der Waals surface area contributed by atoms with E-state index < -0.39 is 12.0 Å². The Hall–Kier alpha value is -2.09. The first-order chi connectivity index (χ1) is 9.59. The van der Waals surface area contributed by atoms with Crippen molar-refractivity contribution in [1.82, 2.24) is 19.5 Å². The summed E-state index contributed by atoms with van der Waals surface area (Å²) in [6.45, 7) is 1.83. The van der Waals surface area contributed by atoms with Crippen LogP contribution in [0.15, 0.2) is 24.8 Å². The Balaban J connectivity index is 2.01. The molecule has 20 heavy (non-hydrogen) atoms. The number of carbonyl (C=O) groups is 2. The molecule has 2 aromatic heterocycles. The van der Waals surface area contributed by atoms with Gasteiger partial charge >= 0.3 is 5.97 Å². The van der Waals surface area contributed by atoms with Crippen LogP contribution in [0.25, 0.3) is 5.52 Å². The monoisotopic (exact) mass is 292 g/mol. The summed E-state index contributed by atoms with van der Waals surface area (Å²) in [5, 5.41) is 13.1. The summed E-state index contributed by atoms with van der Waals surface area (Å²) >= 11 is 1.45. The van der Waals surface area contributed by atoms with E-state index in [1.165, 1.54) is 22.9 Å². The van der Waals surface area contributed by atoms with Crippen molar-refractivity contribution >= 4 is 29.2 Å². The first-order valence-corrected chi connectivity index (χ1v) is 7.09. The zero-order chi connectivity index (χ0) is 14.3. The SMILES string of the molecule is CC1SCC(C(=O)O)N1C(=O)c1cnn2ccncc12. The summed E-state index contributed by atoms with van der Waals surface area (Å²) in [7, 11) is 0. The van der Waals surface area contributed by atoms with Crippen molar-refractivity contribution in [3.8, 4) is 0 Å². The summed E-state index contributed by atoms with van der Waals surface area (Å²) in [5.41, 5.74) is 0.949. The molecule has 0 radical (unpaired) electrons. The summed E-state index contributed by atoms with van der Waals surface area (Å²) < 4.78 is 1.55. The van der Waals surface area contributed by atoms with Crippen LogP contribution in [0.4, 0.5) is 0 Å². The normalized spacial score (nSPS) is 22.4. The van der Waals surface area contributed by atoms with Gasteiger partial charge in [-0.25, -0.2) is 9.31 Å². The molecule has 7 nitrogen and oxygen atoms in total. The number of carboxylic acids is 1. The second kappa shape index (κ2) is 4.78. The third-order valence-electron chi connectivity index (χ3n) is 3.30. The highest BCUT2D eigenvalue weighted by Gasteiger charge is 2.40. The van der Waals surface area contributed by atoms with E-state index in [0.717, 1.165) is 0 Å². The van der Waals surface area contributed by atoms with Crippen molar-refractivity contribution in [3.05, 3.63) is 30.4 Å². The molecule has 1 saturated heterocycles. The second-order valence-corrected chi connectivity index (χ2v) is 5.81. The number of rotatable bonds is 2. The zero-order valence-corrected chi connectivity index (χ0v) is 11.4. The average molecular weight is 292 g/mol. The van der Waals surface area contributed by atoms with Gasteiger partial charge in [0.15, 0.2) is 0 Å². The molecule has 104 valence electrons. The standard InChI is InChI=1S/C12H12N4O3S/c1-7-16(10(6-20-7)12(18)19)11(17)8-4-14-15-3-2-13-5-9(8)15/h2-5,7,10H,6H2,1H3,(H,18,19). The number of aromatic nitrogens is 3. The van der Waals surface area contributed by atoms with Gasteiger partial charge in [-0.1, -0.05) is 0 Å². The Morgan fingerprint density at radius 3 is 3.00 bits per heavy atom. The van der Waals surface area contributed by atoms with Crippen LogP contribution in [0.3, 0.4) is 0 Å². The maximum absolute atomic E-state index is 12.6. The molecule has 1 N–H and O–H groups in total. The fraction of sp³-hybridized carbons (Fsp3) is 0.333. The maximum Gasteiger partial charge on any atom is 0.327 e. The molecule has 3 heterocycles. The molecule has 1 aliphatic heterocycles. The molecule has 2 unspecified atom stereocenters. The van der Waals surface area contributed by atoms with Crippen molar-refractivity contribution in [1.29, 1.82) is 0 Å². The van der Waals surface area contributed by atoms with Crippen LogP contribution in [0.2, 0.25) is 0 Å². The molecule has 2 atom stereocenters. The number of hydrogen-bond acceptors (Lipinski definition) is 5. The largest absolute Gasteiger partial charge is 0.480 e. The fourth-order valence-corrected chi connectivity index (χ4v) is 3.45. The number of nitrogens with zero attached hydrogens (tertiary/aromatic N) is 4. The van der Waals surface area contributed by atoms with E-state index in [-0.39, 0.29) is 11.3 Å². The third kappa shape index (κ3) is 1.92. The van der Waals surface area contributed by atoms with Crippen LogP contribution in [0.5, 0.6) is 0 Å². The van der Waals surface area contributed by atoms with Crippen LogP contribution in [0, 0.1) is 0 Å². The minimum atomic E-state index is -0.982. The van der Waals surface area contributed by atoms with Crippen molar-refractivity contribution in [2.45, 2.75) is 18.3 Å².